The number of hydrogen-bond donors (Lipinski definition) is 2. The van der Waals surface area contributed by atoms with Crippen molar-refractivity contribution in [2.24, 2.45) is 0 Å². The second-order valence-electron chi connectivity index (χ2n) is 6.32. The first-order valence-electron chi connectivity index (χ1n) is 8.85. The van der Waals surface area contributed by atoms with Crippen LogP contribution in [0.1, 0.15) is 21.0 Å². The standard InChI is InChI=1S/C19H8BrN5O8/c20-7-1-8(14-22-10(3-30-14)16-24-12(5-32-16)18(26)27)21-9(2-7)15-23-11(4-31-15)17-25-13(6-33-17)19(28)29/h1-6H,(H,26,27)(H,28,29). The van der Waals surface area contributed by atoms with Crippen molar-refractivity contribution in [3.63, 3.8) is 0 Å². The smallest absolute Gasteiger partial charge is 0.357 e. The zero-order valence-corrected chi connectivity index (χ0v) is 17.5. The van der Waals surface area contributed by atoms with Crippen LogP contribution in [0.3, 0.4) is 0 Å². The molecule has 5 heterocycles. The highest BCUT2D eigenvalue weighted by atomic mass is 79.9. The zero-order valence-electron chi connectivity index (χ0n) is 15.9. The summed E-state index contributed by atoms with van der Waals surface area (Å²) in [5, 5.41) is 17.9. The molecular formula is C19H8BrN5O8. The highest BCUT2D eigenvalue weighted by Gasteiger charge is 2.20. The number of carboxylic acid groups (broad SMARTS) is 2. The normalized spacial score (nSPS) is 11.1. The monoisotopic (exact) mass is 513 g/mol. The third-order valence-corrected chi connectivity index (χ3v) is 4.58. The van der Waals surface area contributed by atoms with Gasteiger partial charge in [0.25, 0.3) is 0 Å². The third-order valence-electron chi connectivity index (χ3n) is 4.12. The van der Waals surface area contributed by atoms with Crippen LogP contribution in [-0.4, -0.2) is 47.1 Å². The summed E-state index contributed by atoms with van der Waals surface area (Å²) in [4.78, 5) is 42.5. The summed E-state index contributed by atoms with van der Waals surface area (Å²) in [5.74, 6) is -2.31. The Balaban J connectivity index is 1.45. The Kier molecular flexibility index (Phi) is 4.82. The fraction of sp³-hybridized carbons (Fsp3) is 0. The Morgan fingerprint density at radius 2 is 1.00 bits per heavy atom. The van der Waals surface area contributed by atoms with E-state index < -0.39 is 11.9 Å². The molecule has 5 aromatic rings. The molecule has 14 heteroatoms. The SMILES string of the molecule is O=C(O)c1coc(-c2coc(-c3cc(Br)cc(-c4nc(-c5nc(C(=O)O)co5)co4)n3)n2)n1. The van der Waals surface area contributed by atoms with Gasteiger partial charge in [0.2, 0.25) is 23.6 Å². The van der Waals surface area contributed by atoms with Gasteiger partial charge in [0.15, 0.2) is 22.8 Å². The Bertz CT molecular complexity index is 1400. The molecule has 0 radical (unpaired) electrons. The van der Waals surface area contributed by atoms with Crippen molar-refractivity contribution >= 4 is 27.9 Å². The van der Waals surface area contributed by atoms with Crippen LogP contribution in [0.25, 0.3) is 46.3 Å². The molecule has 13 nitrogen and oxygen atoms in total. The molecule has 0 aliphatic rings. The van der Waals surface area contributed by atoms with Crippen LogP contribution in [-0.2, 0) is 0 Å². The van der Waals surface area contributed by atoms with Crippen LogP contribution < -0.4 is 0 Å². The first kappa shape index (κ1) is 20.3. The van der Waals surface area contributed by atoms with Crippen LogP contribution in [0, 0.1) is 0 Å². The Hall–Kier alpha value is -4.59. The number of carbonyl (C=O) groups is 2. The number of aromatic carboxylic acids is 2. The zero-order chi connectivity index (χ0) is 23.1. The predicted octanol–water partition coefficient (Wildman–Crippen LogP) is 3.86. The van der Waals surface area contributed by atoms with E-state index >= 15 is 0 Å². The lowest BCUT2D eigenvalue weighted by molar-refractivity contribution is 0.0679. The molecule has 0 unspecified atom stereocenters. The van der Waals surface area contributed by atoms with Crippen LogP contribution in [0.4, 0.5) is 0 Å². The molecule has 0 saturated heterocycles. The summed E-state index contributed by atoms with van der Waals surface area (Å²) >= 11 is 3.38. The van der Waals surface area contributed by atoms with E-state index in [2.05, 4.69) is 40.8 Å². The minimum absolute atomic E-state index is 0.0263. The lowest BCUT2D eigenvalue weighted by atomic mass is 10.3. The highest BCUT2D eigenvalue weighted by Crippen LogP contribution is 2.30. The number of carboxylic acids is 2. The van der Waals surface area contributed by atoms with Gasteiger partial charge in [0, 0.05) is 4.47 Å². The van der Waals surface area contributed by atoms with Crippen molar-refractivity contribution in [3.8, 4) is 46.3 Å². The molecule has 5 rings (SSSR count). The highest BCUT2D eigenvalue weighted by molar-refractivity contribution is 9.10. The molecule has 5 aromatic heterocycles. The number of hydrogen-bond acceptors (Lipinski definition) is 11. The molecule has 0 bridgehead atoms. The van der Waals surface area contributed by atoms with Gasteiger partial charge in [0.05, 0.1) is 0 Å². The van der Waals surface area contributed by atoms with Gasteiger partial charge in [-0.25, -0.2) is 34.5 Å². The van der Waals surface area contributed by atoms with Crippen molar-refractivity contribution in [2.75, 3.05) is 0 Å². The Morgan fingerprint density at radius 3 is 1.39 bits per heavy atom. The van der Waals surface area contributed by atoms with Crippen molar-refractivity contribution in [1.82, 2.24) is 24.9 Å². The Morgan fingerprint density at radius 1 is 0.606 bits per heavy atom. The van der Waals surface area contributed by atoms with Crippen LogP contribution >= 0.6 is 15.9 Å². The summed E-state index contributed by atoms with van der Waals surface area (Å²) in [5.41, 5.74) is 0.436. The minimum Gasteiger partial charge on any atom is -0.476 e. The second-order valence-corrected chi connectivity index (χ2v) is 7.23. The number of oxazole rings is 4. The summed E-state index contributed by atoms with van der Waals surface area (Å²) in [6, 6.07) is 3.27. The fourth-order valence-electron chi connectivity index (χ4n) is 2.67. The lowest BCUT2D eigenvalue weighted by Crippen LogP contribution is -1.95. The average molecular weight is 514 g/mol. The van der Waals surface area contributed by atoms with Crippen molar-refractivity contribution < 1.29 is 37.5 Å². The summed E-state index contributed by atoms with van der Waals surface area (Å²) < 4.78 is 21.7. The molecule has 2 N–H and O–H groups in total. The first-order chi connectivity index (χ1) is 15.9. The van der Waals surface area contributed by atoms with E-state index in [1.807, 2.05) is 0 Å². The maximum Gasteiger partial charge on any atom is 0.357 e. The van der Waals surface area contributed by atoms with E-state index in [4.69, 9.17) is 27.9 Å². The molecule has 0 aliphatic heterocycles. The number of pyridine rings is 1. The average Bonchev–Trinajstić information content (AvgIpc) is 3.58. The maximum atomic E-state index is 11.0. The summed E-state index contributed by atoms with van der Waals surface area (Å²) in [7, 11) is 0. The van der Waals surface area contributed by atoms with Crippen molar-refractivity contribution in [2.45, 2.75) is 0 Å². The number of nitrogens with zero attached hydrogens (tertiary/aromatic N) is 5. The minimum atomic E-state index is -1.23. The van der Waals surface area contributed by atoms with Crippen molar-refractivity contribution in [3.05, 3.63) is 53.0 Å². The first-order valence-corrected chi connectivity index (χ1v) is 9.64. The topological polar surface area (TPSA) is 192 Å². The van der Waals surface area contributed by atoms with Crippen molar-refractivity contribution in [1.29, 1.82) is 0 Å². The van der Waals surface area contributed by atoms with E-state index in [-0.39, 0.29) is 46.3 Å². The predicted molar refractivity (Wildman–Crippen MR) is 108 cm³/mol. The summed E-state index contributed by atoms with van der Waals surface area (Å²) in [6.45, 7) is 0. The molecule has 164 valence electrons. The second kappa shape index (κ2) is 7.83. The van der Waals surface area contributed by atoms with Gasteiger partial charge in [-0.15, -0.1) is 0 Å². The van der Waals surface area contributed by atoms with Gasteiger partial charge < -0.3 is 27.9 Å². The molecule has 0 saturated carbocycles. The van der Waals surface area contributed by atoms with Gasteiger partial charge in [0.1, 0.15) is 36.4 Å². The molecule has 0 amide bonds. The molecule has 0 fully saturated rings. The Labute approximate surface area is 189 Å². The summed E-state index contributed by atoms with van der Waals surface area (Å²) in [6.07, 6.45) is 4.49. The quantitative estimate of drug-likeness (QED) is 0.332. The van der Waals surface area contributed by atoms with Gasteiger partial charge in [-0.05, 0) is 12.1 Å². The molecule has 0 aromatic carbocycles. The van der Waals surface area contributed by atoms with E-state index in [0.717, 1.165) is 12.5 Å². The molecule has 33 heavy (non-hydrogen) atoms. The lowest BCUT2D eigenvalue weighted by Gasteiger charge is -2.00. The molecular weight excluding hydrogens is 506 g/mol. The number of rotatable bonds is 6. The van der Waals surface area contributed by atoms with Gasteiger partial charge in [-0.2, -0.15) is 0 Å². The fourth-order valence-corrected chi connectivity index (χ4v) is 3.11. The largest absolute Gasteiger partial charge is 0.476 e. The molecule has 0 spiro atoms. The van der Waals surface area contributed by atoms with Crippen LogP contribution in [0.5, 0.6) is 0 Å². The number of aromatic nitrogens is 5. The molecule has 0 aliphatic carbocycles. The van der Waals surface area contributed by atoms with E-state index in [0.29, 0.717) is 15.9 Å². The van der Waals surface area contributed by atoms with E-state index in [1.165, 1.54) is 12.5 Å². The van der Waals surface area contributed by atoms with Crippen LogP contribution in [0.2, 0.25) is 0 Å². The van der Waals surface area contributed by atoms with Gasteiger partial charge >= 0.3 is 11.9 Å². The third kappa shape index (κ3) is 3.89. The number of halogens is 1. The van der Waals surface area contributed by atoms with Gasteiger partial charge in [-0.1, -0.05) is 15.9 Å². The van der Waals surface area contributed by atoms with Crippen LogP contribution in [0.15, 0.2) is 59.3 Å². The van der Waals surface area contributed by atoms with E-state index in [1.54, 1.807) is 12.1 Å². The maximum absolute atomic E-state index is 11.0. The molecule has 0 atom stereocenters. The van der Waals surface area contributed by atoms with Gasteiger partial charge in [-0.3, -0.25) is 0 Å². The van der Waals surface area contributed by atoms with E-state index in [9.17, 15) is 9.59 Å².